The van der Waals surface area contributed by atoms with Crippen molar-refractivity contribution in [1.82, 2.24) is 4.72 Å². The molecule has 0 amide bonds. The third-order valence-electron chi connectivity index (χ3n) is 3.42. The Balaban J connectivity index is 2.12. The van der Waals surface area contributed by atoms with Crippen molar-refractivity contribution < 1.29 is 13.2 Å². The number of rotatable bonds is 4. The van der Waals surface area contributed by atoms with Crippen LogP contribution in [-0.2, 0) is 14.8 Å². The molecule has 0 radical (unpaired) electrons. The average molecular weight is 315 g/mol. The summed E-state index contributed by atoms with van der Waals surface area (Å²) in [5, 5.41) is 8.79. The topological polar surface area (TPSA) is 79.2 Å². The standard InChI is InChI=1S/C13H15ClN2O3S/c1-9-11(4-5-19-9)8-16-20(17,18)13-3-2-10(7-15)6-12(13)14/h2-3,6,9,11,16H,4-5,8H2,1H3. The predicted octanol–water partition coefficient (Wildman–Crippen LogP) is 1.91. The van der Waals surface area contributed by atoms with E-state index >= 15 is 0 Å². The highest BCUT2D eigenvalue weighted by atomic mass is 35.5. The Morgan fingerprint density at radius 1 is 1.55 bits per heavy atom. The minimum Gasteiger partial charge on any atom is -0.378 e. The van der Waals surface area contributed by atoms with Crippen LogP contribution in [0.5, 0.6) is 0 Å². The summed E-state index contributed by atoms with van der Waals surface area (Å²) in [5.41, 5.74) is 0.326. The first kappa shape index (κ1) is 15.3. The number of sulfonamides is 1. The van der Waals surface area contributed by atoms with Crippen LogP contribution in [0.25, 0.3) is 0 Å². The minimum atomic E-state index is -3.67. The van der Waals surface area contributed by atoms with Gasteiger partial charge in [-0.15, -0.1) is 0 Å². The van der Waals surface area contributed by atoms with Gasteiger partial charge in [0.2, 0.25) is 10.0 Å². The van der Waals surface area contributed by atoms with Gasteiger partial charge in [0.15, 0.2) is 0 Å². The molecule has 20 heavy (non-hydrogen) atoms. The fraction of sp³-hybridized carbons (Fsp3) is 0.462. The van der Waals surface area contributed by atoms with E-state index in [1.165, 1.54) is 18.2 Å². The fourth-order valence-electron chi connectivity index (χ4n) is 2.13. The molecule has 0 aliphatic carbocycles. The molecule has 7 heteroatoms. The normalized spacial score (nSPS) is 22.6. The first-order chi connectivity index (χ1) is 9.44. The van der Waals surface area contributed by atoms with Gasteiger partial charge in [-0.2, -0.15) is 5.26 Å². The van der Waals surface area contributed by atoms with Gasteiger partial charge in [-0.05, 0) is 31.5 Å². The van der Waals surface area contributed by atoms with Gasteiger partial charge in [-0.3, -0.25) is 0 Å². The van der Waals surface area contributed by atoms with Crippen LogP contribution < -0.4 is 4.72 Å². The Kier molecular flexibility index (Phi) is 4.66. The summed E-state index contributed by atoms with van der Waals surface area (Å²) in [4.78, 5) is -0.00950. The van der Waals surface area contributed by atoms with E-state index in [0.29, 0.717) is 18.7 Å². The number of ether oxygens (including phenoxy) is 1. The molecule has 1 heterocycles. The molecule has 2 atom stereocenters. The maximum atomic E-state index is 12.2. The second-order valence-electron chi connectivity index (χ2n) is 4.73. The average Bonchev–Trinajstić information content (AvgIpc) is 2.81. The molecule has 1 saturated heterocycles. The van der Waals surface area contributed by atoms with Crippen molar-refractivity contribution in [2.75, 3.05) is 13.2 Å². The van der Waals surface area contributed by atoms with Crippen molar-refractivity contribution in [3.05, 3.63) is 28.8 Å². The summed E-state index contributed by atoms with van der Waals surface area (Å²) in [6, 6.07) is 6.03. The Bertz CT molecular complexity index is 640. The molecule has 1 aromatic carbocycles. The molecule has 1 aliphatic heterocycles. The second-order valence-corrected chi connectivity index (χ2v) is 6.88. The van der Waals surface area contributed by atoms with Crippen LogP contribution in [0.3, 0.4) is 0 Å². The van der Waals surface area contributed by atoms with Gasteiger partial charge in [0.25, 0.3) is 0 Å². The summed E-state index contributed by atoms with van der Waals surface area (Å²) in [6.45, 7) is 2.91. The molecule has 0 spiro atoms. The predicted molar refractivity (Wildman–Crippen MR) is 74.9 cm³/mol. The molecule has 0 bridgehead atoms. The van der Waals surface area contributed by atoms with Gasteiger partial charge >= 0.3 is 0 Å². The van der Waals surface area contributed by atoms with Crippen molar-refractivity contribution in [3.8, 4) is 6.07 Å². The van der Waals surface area contributed by atoms with Crippen LogP contribution in [0.15, 0.2) is 23.1 Å². The van der Waals surface area contributed by atoms with Crippen molar-refractivity contribution in [1.29, 1.82) is 5.26 Å². The summed E-state index contributed by atoms with van der Waals surface area (Å²) in [6.07, 6.45) is 0.888. The number of nitrogens with one attached hydrogen (secondary N) is 1. The Morgan fingerprint density at radius 3 is 2.85 bits per heavy atom. The number of benzene rings is 1. The van der Waals surface area contributed by atoms with Crippen LogP contribution in [0.1, 0.15) is 18.9 Å². The number of nitrogens with zero attached hydrogens (tertiary/aromatic N) is 1. The quantitative estimate of drug-likeness (QED) is 0.920. The van der Waals surface area contributed by atoms with Crippen molar-refractivity contribution in [2.45, 2.75) is 24.3 Å². The van der Waals surface area contributed by atoms with Crippen molar-refractivity contribution >= 4 is 21.6 Å². The Morgan fingerprint density at radius 2 is 2.30 bits per heavy atom. The van der Waals surface area contributed by atoms with Crippen molar-refractivity contribution in [3.63, 3.8) is 0 Å². The van der Waals surface area contributed by atoms with E-state index in [0.717, 1.165) is 6.42 Å². The lowest BCUT2D eigenvalue weighted by Crippen LogP contribution is -2.32. The van der Waals surface area contributed by atoms with Gasteiger partial charge in [0.05, 0.1) is 22.8 Å². The third-order valence-corrected chi connectivity index (χ3v) is 5.33. The smallest absolute Gasteiger partial charge is 0.242 e. The Labute approximate surface area is 123 Å². The van der Waals surface area contributed by atoms with Gasteiger partial charge in [-0.25, -0.2) is 13.1 Å². The first-order valence-corrected chi connectivity index (χ1v) is 8.11. The summed E-state index contributed by atoms with van der Waals surface area (Å²) >= 11 is 5.92. The summed E-state index contributed by atoms with van der Waals surface area (Å²) in [7, 11) is -3.67. The Hall–Kier alpha value is -1.13. The monoisotopic (exact) mass is 314 g/mol. The van der Waals surface area contributed by atoms with E-state index in [1.807, 2.05) is 13.0 Å². The van der Waals surface area contributed by atoms with E-state index in [1.54, 1.807) is 0 Å². The largest absolute Gasteiger partial charge is 0.378 e. The fourth-order valence-corrected chi connectivity index (χ4v) is 3.76. The molecule has 5 nitrogen and oxygen atoms in total. The van der Waals surface area contributed by atoms with E-state index in [4.69, 9.17) is 21.6 Å². The lowest BCUT2D eigenvalue weighted by Gasteiger charge is -2.15. The lowest BCUT2D eigenvalue weighted by atomic mass is 10.0. The van der Waals surface area contributed by atoms with Crippen LogP contribution in [0.2, 0.25) is 5.02 Å². The van der Waals surface area contributed by atoms with E-state index < -0.39 is 10.0 Å². The first-order valence-electron chi connectivity index (χ1n) is 6.25. The van der Waals surface area contributed by atoms with Crippen LogP contribution in [0, 0.1) is 17.2 Å². The minimum absolute atomic E-state index is 0.00950. The zero-order valence-electron chi connectivity index (χ0n) is 11.0. The van der Waals surface area contributed by atoms with Gasteiger partial charge < -0.3 is 4.74 Å². The molecule has 1 N–H and O–H groups in total. The number of nitriles is 1. The molecular formula is C13H15ClN2O3S. The zero-order chi connectivity index (χ0) is 14.8. The molecule has 108 valence electrons. The summed E-state index contributed by atoms with van der Waals surface area (Å²) < 4.78 is 32.3. The van der Waals surface area contributed by atoms with Crippen LogP contribution in [0.4, 0.5) is 0 Å². The van der Waals surface area contributed by atoms with Crippen LogP contribution >= 0.6 is 11.6 Å². The number of halogens is 1. The highest BCUT2D eigenvalue weighted by Gasteiger charge is 2.26. The molecule has 0 saturated carbocycles. The van der Waals surface area contributed by atoms with Gasteiger partial charge in [0, 0.05) is 19.1 Å². The highest BCUT2D eigenvalue weighted by Crippen LogP contribution is 2.24. The van der Waals surface area contributed by atoms with E-state index in [9.17, 15) is 8.42 Å². The maximum Gasteiger partial charge on any atom is 0.242 e. The molecule has 1 aromatic rings. The zero-order valence-corrected chi connectivity index (χ0v) is 12.5. The molecule has 2 rings (SSSR count). The lowest BCUT2D eigenvalue weighted by molar-refractivity contribution is 0.107. The van der Waals surface area contributed by atoms with E-state index in [2.05, 4.69) is 4.72 Å². The third kappa shape index (κ3) is 3.30. The van der Waals surface area contributed by atoms with Crippen LogP contribution in [-0.4, -0.2) is 27.7 Å². The molecule has 1 aliphatic rings. The summed E-state index contributed by atoms with van der Waals surface area (Å²) in [5.74, 6) is 0.168. The van der Waals surface area contributed by atoms with Gasteiger partial charge in [-0.1, -0.05) is 11.6 Å². The molecule has 0 aromatic heterocycles. The number of hydrogen-bond donors (Lipinski definition) is 1. The molecular weight excluding hydrogens is 300 g/mol. The molecule has 1 fully saturated rings. The maximum absolute atomic E-state index is 12.2. The van der Waals surface area contributed by atoms with E-state index in [-0.39, 0.29) is 21.9 Å². The van der Waals surface area contributed by atoms with Crippen molar-refractivity contribution in [2.24, 2.45) is 5.92 Å². The highest BCUT2D eigenvalue weighted by molar-refractivity contribution is 7.89. The van der Waals surface area contributed by atoms with Gasteiger partial charge in [0.1, 0.15) is 4.90 Å². The number of hydrogen-bond acceptors (Lipinski definition) is 4. The molecule has 2 unspecified atom stereocenters. The second kappa shape index (κ2) is 6.10. The SMILES string of the molecule is CC1OCCC1CNS(=O)(=O)c1ccc(C#N)cc1Cl.